The molecule has 156 valence electrons. The van der Waals surface area contributed by atoms with Crippen molar-refractivity contribution >= 4 is 5.96 Å². The molecule has 3 rings (SSSR count). The minimum absolute atomic E-state index is 0.485. The Morgan fingerprint density at radius 1 is 1.31 bits per heavy atom. The summed E-state index contributed by atoms with van der Waals surface area (Å²) >= 11 is 0. The first-order chi connectivity index (χ1) is 14.2. The molecule has 1 aromatic carbocycles. The molecule has 0 saturated carbocycles. The van der Waals surface area contributed by atoms with Crippen LogP contribution in [-0.2, 0) is 17.7 Å². The van der Waals surface area contributed by atoms with Crippen molar-refractivity contribution in [2.75, 3.05) is 32.9 Å². The van der Waals surface area contributed by atoms with Crippen molar-refractivity contribution in [2.24, 2.45) is 10.9 Å². The fraction of sp³-hybridized carbons (Fsp3) is 0.478. The first-order valence-corrected chi connectivity index (χ1v) is 10.5. The SMILES string of the molecule is CCNC(=NCc1ccc(C)cc1OCC1CCOC1)NCCc1cccnc1. The van der Waals surface area contributed by atoms with E-state index in [4.69, 9.17) is 14.5 Å². The molecule has 2 aromatic rings. The second-order valence-corrected chi connectivity index (χ2v) is 7.39. The summed E-state index contributed by atoms with van der Waals surface area (Å²) in [5, 5.41) is 6.71. The van der Waals surface area contributed by atoms with Crippen molar-refractivity contribution in [1.82, 2.24) is 15.6 Å². The third-order valence-electron chi connectivity index (χ3n) is 4.90. The van der Waals surface area contributed by atoms with Crippen molar-refractivity contribution in [3.8, 4) is 5.75 Å². The lowest BCUT2D eigenvalue weighted by molar-refractivity contribution is 0.166. The molecule has 0 aliphatic carbocycles. The van der Waals surface area contributed by atoms with Gasteiger partial charge >= 0.3 is 0 Å². The molecule has 1 unspecified atom stereocenters. The van der Waals surface area contributed by atoms with Gasteiger partial charge in [-0.1, -0.05) is 18.2 Å². The van der Waals surface area contributed by atoms with Gasteiger partial charge in [-0.3, -0.25) is 4.98 Å². The minimum atomic E-state index is 0.485. The fourth-order valence-electron chi connectivity index (χ4n) is 3.23. The summed E-state index contributed by atoms with van der Waals surface area (Å²) in [7, 11) is 0. The molecule has 1 aliphatic rings. The van der Waals surface area contributed by atoms with Crippen molar-refractivity contribution in [3.05, 3.63) is 59.4 Å². The highest BCUT2D eigenvalue weighted by molar-refractivity contribution is 5.79. The second kappa shape index (κ2) is 11.4. The van der Waals surface area contributed by atoms with Crippen LogP contribution >= 0.6 is 0 Å². The van der Waals surface area contributed by atoms with Gasteiger partial charge in [0.25, 0.3) is 0 Å². The van der Waals surface area contributed by atoms with Gasteiger partial charge in [0, 0.05) is 43.6 Å². The van der Waals surface area contributed by atoms with Gasteiger partial charge < -0.3 is 20.1 Å². The maximum atomic E-state index is 6.14. The van der Waals surface area contributed by atoms with E-state index in [0.29, 0.717) is 19.1 Å². The van der Waals surface area contributed by atoms with E-state index in [0.717, 1.165) is 56.4 Å². The highest BCUT2D eigenvalue weighted by Crippen LogP contribution is 2.23. The van der Waals surface area contributed by atoms with E-state index in [1.54, 1.807) is 6.20 Å². The number of nitrogens with zero attached hydrogens (tertiary/aromatic N) is 2. The van der Waals surface area contributed by atoms with Crippen LogP contribution < -0.4 is 15.4 Å². The van der Waals surface area contributed by atoms with Crippen molar-refractivity contribution in [3.63, 3.8) is 0 Å². The Morgan fingerprint density at radius 2 is 2.24 bits per heavy atom. The topological polar surface area (TPSA) is 67.8 Å². The van der Waals surface area contributed by atoms with Crippen LogP contribution in [0, 0.1) is 12.8 Å². The number of pyridine rings is 1. The van der Waals surface area contributed by atoms with Crippen LogP contribution in [0.1, 0.15) is 30.0 Å². The number of aliphatic imine (C=N–C) groups is 1. The summed E-state index contributed by atoms with van der Waals surface area (Å²) in [5.41, 5.74) is 3.50. The summed E-state index contributed by atoms with van der Waals surface area (Å²) in [5.74, 6) is 2.22. The molecule has 29 heavy (non-hydrogen) atoms. The lowest BCUT2D eigenvalue weighted by Crippen LogP contribution is -2.38. The standard InChI is InChI=1S/C23H32N4O2/c1-3-25-23(26-11-8-19-5-4-10-24-14-19)27-15-21-7-6-18(2)13-22(21)29-17-20-9-12-28-16-20/h4-7,10,13-14,20H,3,8-9,11-12,15-17H2,1-2H3,(H2,25,26,27). The zero-order chi connectivity index (χ0) is 20.3. The molecule has 1 aromatic heterocycles. The Balaban J connectivity index is 1.58. The van der Waals surface area contributed by atoms with E-state index in [1.807, 2.05) is 12.3 Å². The number of ether oxygens (including phenoxy) is 2. The van der Waals surface area contributed by atoms with Gasteiger partial charge in [0.1, 0.15) is 5.75 Å². The highest BCUT2D eigenvalue weighted by atomic mass is 16.5. The predicted octanol–water partition coefficient (Wildman–Crippen LogP) is 3.10. The van der Waals surface area contributed by atoms with Crippen LogP contribution in [0.15, 0.2) is 47.7 Å². The van der Waals surface area contributed by atoms with Gasteiger partial charge in [-0.25, -0.2) is 4.99 Å². The van der Waals surface area contributed by atoms with E-state index in [2.05, 4.69) is 53.7 Å². The Kier molecular flexibility index (Phi) is 8.31. The number of hydrogen-bond acceptors (Lipinski definition) is 4. The number of benzene rings is 1. The van der Waals surface area contributed by atoms with E-state index in [1.165, 1.54) is 11.1 Å². The highest BCUT2D eigenvalue weighted by Gasteiger charge is 2.17. The summed E-state index contributed by atoms with van der Waals surface area (Å²) in [6.07, 6.45) is 5.67. The molecule has 0 amide bonds. The number of nitrogens with one attached hydrogen (secondary N) is 2. The summed E-state index contributed by atoms with van der Waals surface area (Å²) in [4.78, 5) is 8.92. The summed E-state index contributed by atoms with van der Waals surface area (Å²) in [6, 6.07) is 10.4. The van der Waals surface area contributed by atoms with Crippen LogP contribution in [0.4, 0.5) is 0 Å². The van der Waals surface area contributed by atoms with Gasteiger partial charge in [0.05, 0.1) is 19.8 Å². The van der Waals surface area contributed by atoms with Crippen LogP contribution in [0.5, 0.6) is 5.75 Å². The second-order valence-electron chi connectivity index (χ2n) is 7.39. The van der Waals surface area contributed by atoms with Crippen molar-refractivity contribution < 1.29 is 9.47 Å². The minimum Gasteiger partial charge on any atom is -0.493 e. The number of rotatable bonds is 9. The van der Waals surface area contributed by atoms with E-state index in [-0.39, 0.29) is 0 Å². The smallest absolute Gasteiger partial charge is 0.191 e. The van der Waals surface area contributed by atoms with E-state index in [9.17, 15) is 0 Å². The summed E-state index contributed by atoms with van der Waals surface area (Å²) < 4.78 is 11.6. The number of aromatic nitrogens is 1. The Morgan fingerprint density at radius 3 is 3.00 bits per heavy atom. The first-order valence-electron chi connectivity index (χ1n) is 10.5. The molecular weight excluding hydrogens is 364 g/mol. The van der Waals surface area contributed by atoms with E-state index < -0.39 is 0 Å². The molecule has 1 atom stereocenters. The Hall–Kier alpha value is -2.60. The lowest BCUT2D eigenvalue weighted by Gasteiger charge is -2.15. The largest absolute Gasteiger partial charge is 0.493 e. The average Bonchev–Trinajstić information content (AvgIpc) is 3.26. The van der Waals surface area contributed by atoms with Crippen LogP contribution in [0.2, 0.25) is 0 Å². The molecule has 2 N–H and O–H groups in total. The van der Waals surface area contributed by atoms with Crippen molar-refractivity contribution in [2.45, 2.75) is 33.2 Å². The Labute approximate surface area is 173 Å². The summed E-state index contributed by atoms with van der Waals surface area (Å²) in [6.45, 7) is 8.68. The van der Waals surface area contributed by atoms with Crippen LogP contribution in [0.3, 0.4) is 0 Å². The zero-order valence-corrected chi connectivity index (χ0v) is 17.5. The molecule has 0 radical (unpaired) electrons. The molecule has 1 aliphatic heterocycles. The predicted molar refractivity (Wildman–Crippen MR) is 116 cm³/mol. The van der Waals surface area contributed by atoms with Gasteiger partial charge in [-0.15, -0.1) is 0 Å². The number of aryl methyl sites for hydroxylation is 1. The molecular formula is C23H32N4O2. The maximum absolute atomic E-state index is 6.14. The molecule has 2 heterocycles. The average molecular weight is 397 g/mol. The first kappa shape index (κ1) is 21.1. The Bertz CT molecular complexity index is 774. The zero-order valence-electron chi connectivity index (χ0n) is 17.5. The quantitative estimate of drug-likeness (QED) is 0.504. The normalized spacial score (nSPS) is 16.6. The van der Waals surface area contributed by atoms with Crippen LogP contribution in [0.25, 0.3) is 0 Å². The molecule has 6 nitrogen and oxygen atoms in total. The molecule has 1 fully saturated rings. The number of guanidine groups is 1. The fourth-order valence-corrected chi connectivity index (χ4v) is 3.23. The van der Waals surface area contributed by atoms with Gasteiger partial charge in [-0.2, -0.15) is 0 Å². The van der Waals surface area contributed by atoms with Crippen LogP contribution in [-0.4, -0.2) is 43.9 Å². The number of hydrogen-bond donors (Lipinski definition) is 2. The molecule has 1 saturated heterocycles. The maximum Gasteiger partial charge on any atom is 0.191 e. The molecule has 6 heteroatoms. The monoisotopic (exact) mass is 396 g/mol. The third kappa shape index (κ3) is 7.06. The van der Waals surface area contributed by atoms with Crippen molar-refractivity contribution in [1.29, 1.82) is 0 Å². The van der Waals surface area contributed by atoms with E-state index >= 15 is 0 Å². The third-order valence-corrected chi connectivity index (χ3v) is 4.90. The lowest BCUT2D eigenvalue weighted by atomic mass is 10.1. The van der Waals surface area contributed by atoms with Gasteiger partial charge in [0.2, 0.25) is 0 Å². The van der Waals surface area contributed by atoms with Gasteiger partial charge in [0.15, 0.2) is 5.96 Å². The van der Waals surface area contributed by atoms with Gasteiger partial charge in [-0.05, 0) is 49.9 Å². The molecule has 0 spiro atoms. The molecule has 0 bridgehead atoms.